The van der Waals surface area contributed by atoms with E-state index < -0.39 is 5.51 Å². The number of alkyl halides is 3. The minimum atomic E-state index is -4.27. The van der Waals surface area contributed by atoms with Crippen LogP contribution in [0.4, 0.5) is 13.2 Å². The molecule has 112 valence electrons. The third-order valence-electron chi connectivity index (χ3n) is 2.06. The maximum atomic E-state index is 12.0. The van der Waals surface area contributed by atoms with Gasteiger partial charge in [0.25, 0.3) is 0 Å². The molecule has 0 spiro atoms. The molecule has 0 aromatic heterocycles. The van der Waals surface area contributed by atoms with Gasteiger partial charge in [0.05, 0.1) is 17.7 Å². The summed E-state index contributed by atoms with van der Waals surface area (Å²) < 4.78 is 47.1. The van der Waals surface area contributed by atoms with Crippen molar-refractivity contribution in [1.29, 1.82) is 0 Å². The van der Waals surface area contributed by atoms with Crippen molar-refractivity contribution in [2.45, 2.75) is 12.4 Å². The molecule has 0 aliphatic rings. The molecule has 1 aromatic rings. The maximum Gasteiger partial charge on any atom is 0.441 e. The van der Waals surface area contributed by atoms with Gasteiger partial charge in [0, 0.05) is 11.3 Å². The van der Waals surface area contributed by atoms with Crippen molar-refractivity contribution in [1.82, 2.24) is 0 Å². The highest BCUT2D eigenvalue weighted by atomic mass is 79.9. The van der Waals surface area contributed by atoms with Crippen molar-refractivity contribution in [3.8, 4) is 11.5 Å². The molecule has 3 nitrogen and oxygen atoms in total. The van der Waals surface area contributed by atoms with Crippen LogP contribution in [0.1, 0.15) is 17.3 Å². The molecule has 8 heteroatoms. The van der Waals surface area contributed by atoms with Gasteiger partial charge in [0.2, 0.25) is 0 Å². The van der Waals surface area contributed by atoms with Crippen molar-refractivity contribution in [3.05, 3.63) is 22.2 Å². The van der Waals surface area contributed by atoms with E-state index in [0.29, 0.717) is 34.4 Å². The molecule has 0 saturated heterocycles. The van der Waals surface area contributed by atoms with Crippen LogP contribution in [0, 0.1) is 0 Å². The van der Waals surface area contributed by atoms with Crippen molar-refractivity contribution in [3.63, 3.8) is 0 Å². The van der Waals surface area contributed by atoms with Crippen molar-refractivity contribution < 1.29 is 27.4 Å². The van der Waals surface area contributed by atoms with Gasteiger partial charge in [-0.2, -0.15) is 13.2 Å². The summed E-state index contributed by atoms with van der Waals surface area (Å²) in [6.07, 6.45) is 0.649. The van der Waals surface area contributed by atoms with E-state index in [9.17, 15) is 18.0 Å². The number of thioether (sulfide) groups is 1. The third kappa shape index (κ3) is 5.62. The van der Waals surface area contributed by atoms with E-state index in [-0.39, 0.29) is 24.1 Å². The Kier molecular flexibility index (Phi) is 6.67. The van der Waals surface area contributed by atoms with E-state index in [1.165, 1.54) is 12.1 Å². The molecule has 0 atom stereocenters. The summed E-state index contributed by atoms with van der Waals surface area (Å²) in [6.45, 7) is 1.98. The minimum Gasteiger partial charge on any atom is -0.490 e. The molecule has 0 fully saturated rings. The molecule has 1 rings (SSSR count). The van der Waals surface area contributed by atoms with E-state index in [1.54, 1.807) is 6.92 Å². The number of hydrogen-bond acceptors (Lipinski definition) is 4. The Hall–Kier alpha value is -0.890. The van der Waals surface area contributed by atoms with Gasteiger partial charge in [0.1, 0.15) is 6.29 Å². The van der Waals surface area contributed by atoms with Crippen molar-refractivity contribution >= 4 is 34.0 Å². The van der Waals surface area contributed by atoms with E-state index in [1.807, 2.05) is 0 Å². The van der Waals surface area contributed by atoms with Gasteiger partial charge in [0.15, 0.2) is 11.5 Å². The fourth-order valence-corrected chi connectivity index (χ4v) is 2.33. The highest BCUT2D eigenvalue weighted by molar-refractivity contribution is 9.10. The standard InChI is InChI=1S/C12H12BrF3O3S/c1-2-18-10-6-8(7-17)5-9(13)11(10)19-3-4-20-12(14,15)16/h5-7H,2-4H2,1H3. The van der Waals surface area contributed by atoms with E-state index in [4.69, 9.17) is 9.47 Å². The average Bonchev–Trinajstić information content (AvgIpc) is 2.35. The number of carbonyl (C=O) groups is 1. The Morgan fingerprint density at radius 1 is 1.35 bits per heavy atom. The predicted molar refractivity (Wildman–Crippen MR) is 74.7 cm³/mol. The van der Waals surface area contributed by atoms with Gasteiger partial charge in [-0.05, 0) is 46.7 Å². The lowest BCUT2D eigenvalue weighted by Crippen LogP contribution is -2.08. The summed E-state index contributed by atoms with van der Waals surface area (Å²) in [5.41, 5.74) is -3.89. The first-order valence-electron chi connectivity index (χ1n) is 5.62. The van der Waals surface area contributed by atoms with Crippen LogP contribution in [0.5, 0.6) is 11.5 Å². The second-order valence-electron chi connectivity index (χ2n) is 3.52. The zero-order chi connectivity index (χ0) is 15.2. The summed E-state index contributed by atoms with van der Waals surface area (Å²) in [4.78, 5) is 10.8. The van der Waals surface area contributed by atoms with Gasteiger partial charge in [-0.25, -0.2) is 0 Å². The topological polar surface area (TPSA) is 35.5 Å². The van der Waals surface area contributed by atoms with Crippen LogP contribution in [-0.2, 0) is 0 Å². The quantitative estimate of drug-likeness (QED) is 0.528. The number of rotatable bonds is 7. The van der Waals surface area contributed by atoms with Crippen molar-refractivity contribution in [2.24, 2.45) is 0 Å². The smallest absolute Gasteiger partial charge is 0.441 e. The molecule has 0 aliphatic heterocycles. The zero-order valence-corrected chi connectivity index (χ0v) is 12.9. The lowest BCUT2D eigenvalue weighted by atomic mass is 10.2. The van der Waals surface area contributed by atoms with Crippen LogP contribution in [0.2, 0.25) is 0 Å². The Bertz CT molecular complexity index is 466. The molecular formula is C12H12BrF3O3S. The van der Waals surface area contributed by atoms with E-state index >= 15 is 0 Å². The lowest BCUT2D eigenvalue weighted by Gasteiger charge is -2.14. The number of benzene rings is 1. The summed E-state index contributed by atoms with van der Waals surface area (Å²) in [6, 6.07) is 3.00. The fraction of sp³-hybridized carbons (Fsp3) is 0.417. The van der Waals surface area contributed by atoms with Crippen LogP contribution in [0.3, 0.4) is 0 Å². The fourth-order valence-electron chi connectivity index (χ4n) is 1.36. The largest absolute Gasteiger partial charge is 0.490 e. The van der Waals surface area contributed by atoms with Gasteiger partial charge in [-0.3, -0.25) is 4.79 Å². The molecule has 0 bridgehead atoms. The summed E-state index contributed by atoms with van der Waals surface area (Å²) in [5, 5.41) is 0. The molecule has 0 saturated carbocycles. The second kappa shape index (κ2) is 7.78. The lowest BCUT2D eigenvalue weighted by molar-refractivity contribution is -0.0329. The molecule has 0 amide bonds. The van der Waals surface area contributed by atoms with Gasteiger partial charge in [-0.1, -0.05) is 0 Å². The highest BCUT2D eigenvalue weighted by Gasteiger charge is 2.27. The Morgan fingerprint density at radius 2 is 2.05 bits per heavy atom. The van der Waals surface area contributed by atoms with Crippen molar-refractivity contribution in [2.75, 3.05) is 19.0 Å². The molecule has 0 heterocycles. The normalized spacial score (nSPS) is 11.2. The number of halogens is 4. The predicted octanol–water partition coefficient (Wildman–Crippen LogP) is 4.29. The summed E-state index contributed by atoms with van der Waals surface area (Å²) in [5.74, 6) is 0.387. The van der Waals surface area contributed by atoms with E-state index in [0.717, 1.165) is 0 Å². The molecule has 0 unspecified atom stereocenters. The average molecular weight is 373 g/mol. The van der Waals surface area contributed by atoms with Gasteiger partial charge < -0.3 is 9.47 Å². The second-order valence-corrected chi connectivity index (χ2v) is 5.54. The van der Waals surface area contributed by atoms with Crippen LogP contribution in [-0.4, -0.2) is 30.8 Å². The number of aldehydes is 1. The Balaban J connectivity index is 2.75. The Labute approximate surface area is 126 Å². The molecule has 1 aromatic carbocycles. The summed E-state index contributed by atoms with van der Waals surface area (Å²) >= 11 is 3.06. The molecule has 0 radical (unpaired) electrons. The van der Waals surface area contributed by atoms with Crippen LogP contribution < -0.4 is 9.47 Å². The SMILES string of the molecule is CCOc1cc(C=O)cc(Br)c1OCCSC(F)(F)F. The highest BCUT2D eigenvalue weighted by Crippen LogP contribution is 2.37. The molecule has 0 aliphatic carbocycles. The minimum absolute atomic E-state index is 0.122. The first-order valence-corrected chi connectivity index (χ1v) is 7.40. The first kappa shape index (κ1) is 17.2. The maximum absolute atomic E-state index is 12.0. The summed E-state index contributed by atoms with van der Waals surface area (Å²) in [7, 11) is 0. The molecular weight excluding hydrogens is 361 g/mol. The first-order chi connectivity index (χ1) is 9.37. The van der Waals surface area contributed by atoms with Crippen LogP contribution >= 0.6 is 27.7 Å². The zero-order valence-electron chi connectivity index (χ0n) is 10.5. The van der Waals surface area contributed by atoms with Crippen LogP contribution in [0.25, 0.3) is 0 Å². The molecule has 20 heavy (non-hydrogen) atoms. The van der Waals surface area contributed by atoms with Gasteiger partial charge in [-0.15, -0.1) is 0 Å². The van der Waals surface area contributed by atoms with E-state index in [2.05, 4.69) is 15.9 Å². The Morgan fingerprint density at radius 3 is 2.60 bits per heavy atom. The number of carbonyl (C=O) groups excluding carboxylic acids is 1. The van der Waals surface area contributed by atoms with Gasteiger partial charge >= 0.3 is 5.51 Å². The third-order valence-corrected chi connectivity index (χ3v) is 3.35. The molecule has 0 N–H and O–H groups in total. The number of hydrogen-bond donors (Lipinski definition) is 0. The van der Waals surface area contributed by atoms with Crippen LogP contribution in [0.15, 0.2) is 16.6 Å². The number of ether oxygens (including phenoxy) is 2. The monoisotopic (exact) mass is 372 g/mol.